The molecule has 6 heteroatoms. The van der Waals surface area contributed by atoms with E-state index in [9.17, 15) is 14.7 Å². The molecule has 2 saturated heterocycles. The molecule has 1 N–H and O–H groups in total. The van der Waals surface area contributed by atoms with Gasteiger partial charge in [-0.05, 0) is 19.6 Å². The highest BCUT2D eigenvalue weighted by molar-refractivity contribution is 7.99. The van der Waals surface area contributed by atoms with Crippen LogP contribution in [0.1, 0.15) is 13.3 Å². The zero-order valence-electron chi connectivity index (χ0n) is 10.7. The molecule has 3 atom stereocenters. The van der Waals surface area contributed by atoms with Gasteiger partial charge >= 0.3 is 5.97 Å². The van der Waals surface area contributed by atoms with Crippen molar-refractivity contribution in [2.45, 2.75) is 18.6 Å². The highest BCUT2D eigenvalue weighted by Gasteiger charge is 2.55. The average molecular weight is 273 g/mol. The van der Waals surface area contributed by atoms with Crippen molar-refractivity contribution in [3.63, 3.8) is 0 Å². The lowest BCUT2D eigenvalue weighted by atomic mass is 9.74. The SMILES string of the molecule is CSC(C)C(=O)N1C[C@H]2COCC[C@@]2(C(=O)O)C1. The van der Waals surface area contributed by atoms with Crippen LogP contribution in [0.25, 0.3) is 0 Å². The second-order valence-corrected chi connectivity index (χ2v) is 6.26. The number of thioether (sulfide) groups is 1. The summed E-state index contributed by atoms with van der Waals surface area (Å²) in [4.78, 5) is 25.4. The quantitative estimate of drug-likeness (QED) is 0.819. The Morgan fingerprint density at radius 3 is 2.83 bits per heavy atom. The Bertz CT molecular complexity index is 362. The summed E-state index contributed by atoms with van der Waals surface area (Å²) in [7, 11) is 0. The Kier molecular flexibility index (Phi) is 3.87. The van der Waals surface area contributed by atoms with Gasteiger partial charge in [-0.2, -0.15) is 11.8 Å². The largest absolute Gasteiger partial charge is 0.481 e. The second kappa shape index (κ2) is 5.09. The van der Waals surface area contributed by atoms with E-state index >= 15 is 0 Å². The Morgan fingerprint density at radius 1 is 1.56 bits per heavy atom. The van der Waals surface area contributed by atoms with Crippen LogP contribution in [0, 0.1) is 11.3 Å². The van der Waals surface area contributed by atoms with Crippen LogP contribution in [-0.4, -0.2) is 59.7 Å². The van der Waals surface area contributed by atoms with Crippen LogP contribution < -0.4 is 0 Å². The number of hydrogen-bond donors (Lipinski definition) is 1. The molecule has 102 valence electrons. The first kappa shape index (κ1) is 13.7. The smallest absolute Gasteiger partial charge is 0.311 e. The van der Waals surface area contributed by atoms with Crippen LogP contribution in [-0.2, 0) is 14.3 Å². The molecule has 0 bridgehead atoms. The molecule has 1 amide bonds. The number of nitrogens with zero attached hydrogens (tertiary/aromatic N) is 1. The normalized spacial score (nSPS) is 33.0. The van der Waals surface area contributed by atoms with Crippen LogP contribution in [0.3, 0.4) is 0 Å². The van der Waals surface area contributed by atoms with Gasteiger partial charge in [0, 0.05) is 25.6 Å². The van der Waals surface area contributed by atoms with Gasteiger partial charge in [-0.25, -0.2) is 0 Å². The average Bonchev–Trinajstić information content (AvgIpc) is 2.77. The molecule has 1 unspecified atom stereocenters. The third kappa shape index (κ3) is 2.12. The molecule has 2 rings (SSSR count). The number of ether oxygens (including phenoxy) is 1. The Labute approximate surface area is 111 Å². The maximum absolute atomic E-state index is 12.2. The van der Waals surface area contributed by atoms with Crippen LogP contribution in [0.5, 0.6) is 0 Å². The number of hydrogen-bond acceptors (Lipinski definition) is 4. The fourth-order valence-corrected chi connectivity index (χ4v) is 3.18. The monoisotopic (exact) mass is 273 g/mol. The standard InChI is InChI=1S/C12H19NO4S/c1-8(18-2)10(14)13-5-9-6-17-4-3-12(9,7-13)11(15)16/h8-9H,3-7H2,1-2H3,(H,15,16)/t8?,9-,12+/m0/s1. The lowest BCUT2D eigenvalue weighted by Crippen LogP contribution is -2.45. The van der Waals surface area contributed by atoms with E-state index in [0.717, 1.165) is 0 Å². The van der Waals surface area contributed by atoms with Gasteiger partial charge in [0.05, 0.1) is 17.3 Å². The zero-order chi connectivity index (χ0) is 13.3. The van der Waals surface area contributed by atoms with E-state index in [-0.39, 0.29) is 17.1 Å². The summed E-state index contributed by atoms with van der Waals surface area (Å²) in [5, 5.41) is 9.38. The van der Waals surface area contributed by atoms with Crippen LogP contribution >= 0.6 is 11.8 Å². The topological polar surface area (TPSA) is 66.8 Å². The summed E-state index contributed by atoms with van der Waals surface area (Å²) in [5.41, 5.74) is -0.786. The first-order valence-electron chi connectivity index (χ1n) is 6.14. The van der Waals surface area contributed by atoms with Crippen molar-refractivity contribution in [3.8, 4) is 0 Å². The lowest BCUT2D eigenvalue weighted by Gasteiger charge is -2.33. The molecule has 18 heavy (non-hydrogen) atoms. The zero-order valence-corrected chi connectivity index (χ0v) is 11.5. The molecule has 2 aliphatic rings. The van der Waals surface area contributed by atoms with Crippen LogP contribution in [0.2, 0.25) is 0 Å². The molecule has 5 nitrogen and oxygen atoms in total. The van der Waals surface area contributed by atoms with Gasteiger partial charge in [0.2, 0.25) is 5.91 Å². The fraction of sp³-hybridized carbons (Fsp3) is 0.833. The van der Waals surface area contributed by atoms with E-state index in [2.05, 4.69) is 0 Å². The van der Waals surface area contributed by atoms with Gasteiger partial charge < -0.3 is 14.7 Å². The Balaban J connectivity index is 2.16. The molecule has 0 aromatic rings. The highest BCUT2D eigenvalue weighted by atomic mass is 32.2. The summed E-state index contributed by atoms with van der Waals surface area (Å²) < 4.78 is 5.37. The van der Waals surface area contributed by atoms with Crippen molar-refractivity contribution in [3.05, 3.63) is 0 Å². The van der Waals surface area contributed by atoms with Crippen molar-refractivity contribution in [2.75, 3.05) is 32.6 Å². The van der Waals surface area contributed by atoms with Gasteiger partial charge in [-0.3, -0.25) is 9.59 Å². The first-order valence-corrected chi connectivity index (χ1v) is 7.43. The number of fused-ring (bicyclic) bond motifs is 1. The Hall–Kier alpha value is -0.750. The molecule has 2 aliphatic heterocycles. The maximum atomic E-state index is 12.2. The van der Waals surface area contributed by atoms with Gasteiger partial charge in [-0.1, -0.05) is 0 Å². The van der Waals surface area contributed by atoms with Crippen molar-refractivity contribution in [1.29, 1.82) is 0 Å². The summed E-state index contributed by atoms with van der Waals surface area (Å²) >= 11 is 1.49. The number of carbonyl (C=O) groups is 2. The minimum Gasteiger partial charge on any atom is -0.481 e. The van der Waals surface area contributed by atoms with Gasteiger partial charge in [0.1, 0.15) is 0 Å². The summed E-state index contributed by atoms with van der Waals surface area (Å²) in [6.45, 7) is 3.63. The van der Waals surface area contributed by atoms with Crippen LogP contribution in [0.4, 0.5) is 0 Å². The minimum atomic E-state index is -0.789. The molecule has 2 heterocycles. The number of amides is 1. The van der Waals surface area contributed by atoms with Crippen molar-refractivity contribution in [1.82, 2.24) is 4.90 Å². The predicted octanol–water partition coefficient (Wildman–Crippen LogP) is 0.688. The number of carboxylic acids is 1. The molecule has 0 radical (unpaired) electrons. The van der Waals surface area contributed by atoms with E-state index in [1.807, 2.05) is 13.2 Å². The van der Waals surface area contributed by atoms with Gasteiger partial charge in [0.15, 0.2) is 0 Å². The number of rotatable bonds is 3. The lowest BCUT2D eigenvalue weighted by molar-refractivity contribution is -0.157. The molecule has 2 fully saturated rings. The summed E-state index contributed by atoms with van der Waals surface area (Å²) in [6, 6.07) is 0. The van der Waals surface area contributed by atoms with E-state index in [0.29, 0.717) is 32.7 Å². The summed E-state index contributed by atoms with van der Waals surface area (Å²) in [6.07, 6.45) is 2.40. The molecule has 0 aromatic carbocycles. The van der Waals surface area contributed by atoms with Gasteiger partial charge in [-0.15, -0.1) is 0 Å². The van der Waals surface area contributed by atoms with E-state index in [1.165, 1.54) is 11.8 Å². The van der Waals surface area contributed by atoms with Gasteiger partial charge in [0.25, 0.3) is 0 Å². The Morgan fingerprint density at radius 2 is 2.28 bits per heavy atom. The number of carboxylic acid groups (broad SMARTS) is 1. The summed E-state index contributed by atoms with van der Waals surface area (Å²) in [5.74, 6) is -0.817. The maximum Gasteiger partial charge on any atom is 0.311 e. The molecule has 0 saturated carbocycles. The third-order valence-electron chi connectivity index (χ3n) is 4.15. The molecule has 0 aromatic heterocycles. The molecule has 0 spiro atoms. The third-order valence-corrected chi connectivity index (χ3v) is 5.05. The minimum absolute atomic E-state index is 0.0394. The molecular formula is C12H19NO4S. The number of carbonyl (C=O) groups excluding carboxylic acids is 1. The first-order chi connectivity index (χ1) is 8.51. The number of likely N-dealkylation sites (tertiary alicyclic amines) is 1. The number of aliphatic carboxylic acids is 1. The van der Waals surface area contributed by atoms with Crippen LogP contribution in [0.15, 0.2) is 0 Å². The van der Waals surface area contributed by atoms with Crippen molar-refractivity contribution in [2.24, 2.45) is 11.3 Å². The highest BCUT2D eigenvalue weighted by Crippen LogP contribution is 2.42. The second-order valence-electron chi connectivity index (χ2n) is 5.08. The molecule has 0 aliphatic carbocycles. The van der Waals surface area contributed by atoms with E-state index < -0.39 is 11.4 Å². The fourth-order valence-electron chi connectivity index (χ4n) is 2.83. The van der Waals surface area contributed by atoms with E-state index in [4.69, 9.17) is 4.74 Å². The predicted molar refractivity (Wildman–Crippen MR) is 68.6 cm³/mol. The van der Waals surface area contributed by atoms with Crippen molar-refractivity contribution < 1.29 is 19.4 Å². The van der Waals surface area contributed by atoms with E-state index in [1.54, 1.807) is 4.90 Å². The molecular weight excluding hydrogens is 254 g/mol. The van der Waals surface area contributed by atoms with Crippen molar-refractivity contribution >= 4 is 23.6 Å².